The van der Waals surface area contributed by atoms with E-state index in [2.05, 4.69) is 11.8 Å². The van der Waals surface area contributed by atoms with Gasteiger partial charge in [0.1, 0.15) is 6.10 Å². The van der Waals surface area contributed by atoms with Crippen LogP contribution in [0.3, 0.4) is 0 Å². The molecule has 1 rings (SSSR count). The Kier molecular flexibility index (Phi) is 4.88. The summed E-state index contributed by atoms with van der Waals surface area (Å²) in [5.74, 6) is 0. The number of carbonyl (C=O) groups excluding carboxylic acids is 1. The fourth-order valence-electron chi connectivity index (χ4n) is 1.88. The molecule has 0 spiro atoms. The Balaban J connectivity index is 2.32. The zero-order chi connectivity index (χ0) is 11.3. The second kappa shape index (κ2) is 5.95. The zero-order valence-electron chi connectivity index (χ0n) is 10.0. The normalized spacial score (nSPS) is 22.5. The van der Waals surface area contributed by atoms with Crippen molar-refractivity contribution in [1.29, 1.82) is 0 Å². The maximum atomic E-state index is 11.4. The molecule has 0 N–H and O–H groups in total. The van der Waals surface area contributed by atoms with Gasteiger partial charge in [-0.1, -0.05) is 6.92 Å². The Morgan fingerprint density at radius 2 is 2.27 bits per heavy atom. The predicted molar refractivity (Wildman–Crippen MR) is 59.9 cm³/mol. The van der Waals surface area contributed by atoms with Crippen LogP contribution in [-0.4, -0.2) is 55.7 Å². The standard InChI is InChI=1S/C11H22N2O2/c1-4-7-13-8-5-6-10(9-13)15-11(14)12(2)3/h10H,4-9H2,1-3H3/t10-/m0/s1. The van der Waals surface area contributed by atoms with Gasteiger partial charge in [0, 0.05) is 20.6 Å². The molecule has 0 aromatic rings. The maximum Gasteiger partial charge on any atom is 0.409 e. The predicted octanol–water partition coefficient (Wildman–Crippen LogP) is 1.56. The average molecular weight is 214 g/mol. The first-order chi connectivity index (χ1) is 7.13. The van der Waals surface area contributed by atoms with Gasteiger partial charge in [-0.15, -0.1) is 0 Å². The molecule has 1 atom stereocenters. The second-order valence-corrected chi connectivity index (χ2v) is 4.34. The van der Waals surface area contributed by atoms with Crippen molar-refractivity contribution < 1.29 is 9.53 Å². The molecule has 0 radical (unpaired) electrons. The molecule has 4 nitrogen and oxygen atoms in total. The smallest absolute Gasteiger partial charge is 0.409 e. The third-order valence-electron chi connectivity index (χ3n) is 2.63. The molecule has 0 aliphatic carbocycles. The third kappa shape index (κ3) is 4.08. The lowest BCUT2D eigenvalue weighted by Crippen LogP contribution is -2.42. The van der Waals surface area contributed by atoms with Gasteiger partial charge >= 0.3 is 6.09 Å². The van der Waals surface area contributed by atoms with Crippen LogP contribution in [0.5, 0.6) is 0 Å². The lowest BCUT2D eigenvalue weighted by Gasteiger charge is -2.32. The van der Waals surface area contributed by atoms with Crippen LogP contribution in [0.15, 0.2) is 0 Å². The van der Waals surface area contributed by atoms with Gasteiger partial charge in [0.15, 0.2) is 0 Å². The van der Waals surface area contributed by atoms with Gasteiger partial charge < -0.3 is 9.64 Å². The number of piperidine rings is 1. The molecule has 1 aliphatic heterocycles. The largest absolute Gasteiger partial charge is 0.445 e. The summed E-state index contributed by atoms with van der Waals surface area (Å²) in [6, 6.07) is 0. The first-order valence-corrected chi connectivity index (χ1v) is 5.73. The molecule has 1 heterocycles. The van der Waals surface area contributed by atoms with E-state index < -0.39 is 0 Å². The molecular formula is C11H22N2O2. The first kappa shape index (κ1) is 12.3. The molecule has 4 heteroatoms. The van der Waals surface area contributed by atoms with Gasteiger partial charge in [0.05, 0.1) is 0 Å². The average Bonchev–Trinajstić information content (AvgIpc) is 2.18. The molecule has 0 saturated carbocycles. The Morgan fingerprint density at radius 3 is 2.87 bits per heavy atom. The number of nitrogens with zero attached hydrogens (tertiary/aromatic N) is 2. The van der Waals surface area contributed by atoms with Gasteiger partial charge in [-0.25, -0.2) is 4.79 Å². The highest BCUT2D eigenvalue weighted by Gasteiger charge is 2.22. The summed E-state index contributed by atoms with van der Waals surface area (Å²) in [4.78, 5) is 15.2. The molecule has 1 amide bonds. The summed E-state index contributed by atoms with van der Waals surface area (Å²) in [7, 11) is 3.43. The fourth-order valence-corrected chi connectivity index (χ4v) is 1.88. The number of rotatable bonds is 3. The van der Waals surface area contributed by atoms with E-state index >= 15 is 0 Å². The lowest BCUT2D eigenvalue weighted by atomic mass is 10.1. The van der Waals surface area contributed by atoms with E-state index in [-0.39, 0.29) is 12.2 Å². The van der Waals surface area contributed by atoms with Crippen LogP contribution in [0.1, 0.15) is 26.2 Å². The van der Waals surface area contributed by atoms with Crippen LogP contribution >= 0.6 is 0 Å². The molecule has 15 heavy (non-hydrogen) atoms. The number of ether oxygens (including phenoxy) is 1. The van der Waals surface area contributed by atoms with Gasteiger partial charge in [0.25, 0.3) is 0 Å². The Labute approximate surface area is 92.2 Å². The first-order valence-electron chi connectivity index (χ1n) is 5.73. The zero-order valence-corrected chi connectivity index (χ0v) is 10.0. The Bertz CT molecular complexity index is 205. The van der Waals surface area contributed by atoms with E-state index in [9.17, 15) is 4.79 Å². The molecule has 0 aromatic carbocycles. The number of carbonyl (C=O) groups is 1. The van der Waals surface area contributed by atoms with Crippen LogP contribution in [0.25, 0.3) is 0 Å². The van der Waals surface area contributed by atoms with Gasteiger partial charge in [-0.2, -0.15) is 0 Å². The minimum Gasteiger partial charge on any atom is -0.445 e. The van der Waals surface area contributed by atoms with Crippen LogP contribution in [0.2, 0.25) is 0 Å². The van der Waals surface area contributed by atoms with E-state index in [1.54, 1.807) is 14.1 Å². The second-order valence-electron chi connectivity index (χ2n) is 4.34. The van der Waals surface area contributed by atoms with Crippen molar-refractivity contribution in [2.24, 2.45) is 0 Å². The minimum atomic E-state index is -0.224. The van der Waals surface area contributed by atoms with E-state index in [0.29, 0.717) is 0 Å². The van der Waals surface area contributed by atoms with Crippen LogP contribution in [0, 0.1) is 0 Å². The molecule has 1 aliphatic rings. The molecule has 1 fully saturated rings. The summed E-state index contributed by atoms with van der Waals surface area (Å²) in [5, 5.41) is 0. The molecule has 0 aromatic heterocycles. The SMILES string of the molecule is CCCN1CCC[C@H](OC(=O)N(C)C)C1. The quantitative estimate of drug-likeness (QED) is 0.714. The van der Waals surface area contributed by atoms with Crippen molar-refractivity contribution >= 4 is 6.09 Å². The fraction of sp³-hybridized carbons (Fsp3) is 0.909. The van der Waals surface area contributed by atoms with E-state index in [1.165, 1.54) is 4.90 Å². The summed E-state index contributed by atoms with van der Waals surface area (Å²) < 4.78 is 5.37. The maximum absolute atomic E-state index is 11.4. The third-order valence-corrected chi connectivity index (χ3v) is 2.63. The Morgan fingerprint density at radius 1 is 1.53 bits per heavy atom. The van der Waals surface area contributed by atoms with E-state index in [1.807, 2.05) is 0 Å². The number of likely N-dealkylation sites (tertiary alicyclic amines) is 1. The molecule has 0 bridgehead atoms. The van der Waals surface area contributed by atoms with Gasteiger partial charge in [-0.05, 0) is 32.4 Å². The molecular weight excluding hydrogens is 192 g/mol. The summed E-state index contributed by atoms with van der Waals surface area (Å²) in [6.07, 6.45) is 3.15. The van der Waals surface area contributed by atoms with E-state index in [0.717, 1.165) is 38.9 Å². The summed E-state index contributed by atoms with van der Waals surface area (Å²) in [6.45, 7) is 5.32. The molecule has 1 saturated heterocycles. The summed E-state index contributed by atoms with van der Waals surface area (Å²) in [5.41, 5.74) is 0. The minimum absolute atomic E-state index is 0.0835. The van der Waals surface area contributed by atoms with Crippen molar-refractivity contribution in [3.8, 4) is 0 Å². The van der Waals surface area contributed by atoms with Crippen molar-refractivity contribution in [3.63, 3.8) is 0 Å². The van der Waals surface area contributed by atoms with E-state index in [4.69, 9.17) is 4.74 Å². The van der Waals surface area contributed by atoms with Gasteiger partial charge in [0.2, 0.25) is 0 Å². The number of hydrogen-bond donors (Lipinski definition) is 0. The highest BCUT2D eigenvalue weighted by atomic mass is 16.6. The molecule has 88 valence electrons. The van der Waals surface area contributed by atoms with Crippen molar-refractivity contribution in [2.75, 3.05) is 33.7 Å². The monoisotopic (exact) mass is 214 g/mol. The lowest BCUT2D eigenvalue weighted by molar-refractivity contribution is 0.0288. The highest BCUT2D eigenvalue weighted by molar-refractivity contribution is 5.66. The van der Waals surface area contributed by atoms with Crippen molar-refractivity contribution in [3.05, 3.63) is 0 Å². The number of hydrogen-bond acceptors (Lipinski definition) is 3. The number of amides is 1. The van der Waals surface area contributed by atoms with Crippen molar-refractivity contribution in [2.45, 2.75) is 32.3 Å². The van der Waals surface area contributed by atoms with Crippen LogP contribution in [-0.2, 0) is 4.74 Å². The molecule has 0 unspecified atom stereocenters. The van der Waals surface area contributed by atoms with Gasteiger partial charge in [-0.3, -0.25) is 4.90 Å². The topological polar surface area (TPSA) is 32.8 Å². The van der Waals surface area contributed by atoms with Crippen LogP contribution < -0.4 is 0 Å². The highest BCUT2D eigenvalue weighted by Crippen LogP contribution is 2.14. The van der Waals surface area contributed by atoms with Crippen molar-refractivity contribution in [1.82, 2.24) is 9.80 Å². The summed E-state index contributed by atoms with van der Waals surface area (Å²) >= 11 is 0. The van der Waals surface area contributed by atoms with Crippen LogP contribution in [0.4, 0.5) is 4.79 Å². The Hall–Kier alpha value is -0.770.